The van der Waals surface area contributed by atoms with Crippen molar-refractivity contribution in [3.05, 3.63) is 23.4 Å². The fourth-order valence-electron chi connectivity index (χ4n) is 2.96. The lowest BCUT2D eigenvalue weighted by Crippen LogP contribution is -2.57. The number of carbonyl (C=O) groups excluding carboxylic acids is 2. The molecule has 0 bridgehead atoms. The molecule has 0 aromatic carbocycles. The predicted octanol–water partition coefficient (Wildman–Crippen LogP) is 1.75. The molecule has 1 fully saturated rings. The Morgan fingerprint density at radius 1 is 1.31 bits per heavy atom. The standard InChI is InChI=1S/C19H29N3O4/c1-4-19(5-2,18(25)20-3)22-16(24)15-10-9-14(13-7-8-13)17(21-15)26-12-6-11-23/h9-10,13,23H,4-8,11-12H2,1-3H3,(H,20,25)(H,22,24). The van der Waals surface area contributed by atoms with E-state index in [1.165, 1.54) is 0 Å². The van der Waals surface area contributed by atoms with Crippen molar-refractivity contribution in [2.45, 2.75) is 57.4 Å². The summed E-state index contributed by atoms with van der Waals surface area (Å²) in [6.07, 6.45) is 3.65. The number of nitrogens with one attached hydrogen (secondary N) is 2. The third-order valence-electron chi connectivity index (χ3n) is 4.90. The van der Waals surface area contributed by atoms with E-state index >= 15 is 0 Å². The number of aromatic nitrogens is 1. The van der Waals surface area contributed by atoms with Gasteiger partial charge in [-0.3, -0.25) is 9.59 Å². The Labute approximate surface area is 154 Å². The quantitative estimate of drug-likeness (QED) is 0.550. The Hall–Kier alpha value is -2.15. The van der Waals surface area contributed by atoms with Crippen molar-refractivity contribution in [2.24, 2.45) is 0 Å². The third-order valence-corrected chi connectivity index (χ3v) is 4.90. The molecular formula is C19H29N3O4. The zero-order valence-electron chi connectivity index (χ0n) is 15.8. The fraction of sp³-hybridized carbons (Fsp3) is 0.632. The van der Waals surface area contributed by atoms with Crippen molar-refractivity contribution in [3.63, 3.8) is 0 Å². The number of hydrogen-bond donors (Lipinski definition) is 3. The van der Waals surface area contributed by atoms with Crippen LogP contribution in [-0.4, -0.2) is 47.7 Å². The van der Waals surface area contributed by atoms with Crippen molar-refractivity contribution in [3.8, 4) is 5.88 Å². The van der Waals surface area contributed by atoms with Gasteiger partial charge < -0.3 is 20.5 Å². The first-order valence-electron chi connectivity index (χ1n) is 9.30. The van der Waals surface area contributed by atoms with E-state index in [1.54, 1.807) is 13.1 Å². The maximum atomic E-state index is 12.7. The minimum Gasteiger partial charge on any atom is -0.477 e. The van der Waals surface area contributed by atoms with Crippen molar-refractivity contribution >= 4 is 11.8 Å². The van der Waals surface area contributed by atoms with Gasteiger partial charge in [-0.2, -0.15) is 0 Å². The highest BCUT2D eigenvalue weighted by atomic mass is 16.5. The van der Waals surface area contributed by atoms with Crippen LogP contribution in [0.5, 0.6) is 5.88 Å². The Morgan fingerprint density at radius 3 is 2.54 bits per heavy atom. The lowest BCUT2D eigenvalue weighted by Gasteiger charge is -2.30. The second-order valence-corrected chi connectivity index (χ2v) is 6.61. The number of aliphatic hydroxyl groups is 1. The topological polar surface area (TPSA) is 101 Å². The lowest BCUT2D eigenvalue weighted by molar-refractivity contribution is -0.127. The van der Waals surface area contributed by atoms with Gasteiger partial charge in [0, 0.05) is 25.6 Å². The van der Waals surface area contributed by atoms with Gasteiger partial charge in [0.05, 0.1) is 6.61 Å². The number of likely N-dealkylation sites (N-methyl/N-ethyl adjacent to an activating group) is 1. The highest BCUT2D eigenvalue weighted by Gasteiger charge is 2.36. The summed E-state index contributed by atoms with van der Waals surface area (Å²) in [5, 5.41) is 14.4. The minimum absolute atomic E-state index is 0.0423. The van der Waals surface area contributed by atoms with Crippen LogP contribution >= 0.6 is 0 Å². The van der Waals surface area contributed by atoms with Crippen molar-refractivity contribution < 1.29 is 19.4 Å². The van der Waals surface area contributed by atoms with Crippen LogP contribution in [0.25, 0.3) is 0 Å². The van der Waals surface area contributed by atoms with E-state index in [2.05, 4.69) is 15.6 Å². The van der Waals surface area contributed by atoms with Gasteiger partial charge in [-0.15, -0.1) is 0 Å². The summed E-state index contributed by atoms with van der Waals surface area (Å²) < 4.78 is 5.69. The van der Waals surface area contributed by atoms with E-state index in [1.807, 2.05) is 19.9 Å². The van der Waals surface area contributed by atoms with E-state index in [0.717, 1.165) is 18.4 Å². The first kappa shape index (κ1) is 20.2. The molecule has 1 aromatic rings. The van der Waals surface area contributed by atoms with Crippen LogP contribution in [0.2, 0.25) is 0 Å². The first-order chi connectivity index (χ1) is 12.5. The number of ether oxygens (including phenoxy) is 1. The summed E-state index contributed by atoms with van der Waals surface area (Å²) in [5.74, 6) is 0.267. The molecule has 26 heavy (non-hydrogen) atoms. The molecule has 2 amide bonds. The SMILES string of the molecule is CCC(CC)(NC(=O)c1ccc(C2CC2)c(OCCCO)n1)C(=O)NC. The summed E-state index contributed by atoms with van der Waals surface area (Å²) in [4.78, 5) is 29.4. The molecule has 1 aliphatic rings. The van der Waals surface area contributed by atoms with E-state index in [-0.39, 0.29) is 18.2 Å². The van der Waals surface area contributed by atoms with Gasteiger partial charge in [0.1, 0.15) is 11.2 Å². The second-order valence-electron chi connectivity index (χ2n) is 6.61. The molecule has 0 radical (unpaired) electrons. The zero-order valence-corrected chi connectivity index (χ0v) is 15.8. The number of amides is 2. The number of nitrogens with zero attached hydrogens (tertiary/aromatic N) is 1. The molecule has 2 rings (SSSR count). The van der Waals surface area contributed by atoms with Gasteiger partial charge in [-0.05, 0) is 37.7 Å². The van der Waals surface area contributed by atoms with Gasteiger partial charge in [-0.25, -0.2) is 4.98 Å². The molecule has 7 nitrogen and oxygen atoms in total. The van der Waals surface area contributed by atoms with Gasteiger partial charge in [-0.1, -0.05) is 19.9 Å². The molecule has 0 aliphatic heterocycles. The second kappa shape index (κ2) is 8.98. The van der Waals surface area contributed by atoms with E-state index in [4.69, 9.17) is 9.84 Å². The highest BCUT2D eigenvalue weighted by molar-refractivity contribution is 5.98. The van der Waals surface area contributed by atoms with Crippen LogP contribution in [0, 0.1) is 0 Å². The van der Waals surface area contributed by atoms with Gasteiger partial charge in [0.25, 0.3) is 5.91 Å². The molecule has 144 valence electrons. The first-order valence-corrected chi connectivity index (χ1v) is 9.30. The van der Waals surface area contributed by atoms with Crippen LogP contribution in [-0.2, 0) is 4.79 Å². The molecule has 0 unspecified atom stereocenters. The largest absolute Gasteiger partial charge is 0.477 e. The maximum Gasteiger partial charge on any atom is 0.270 e. The molecule has 0 atom stereocenters. The number of pyridine rings is 1. The molecule has 1 heterocycles. The summed E-state index contributed by atoms with van der Waals surface area (Å²) in [6, 6.07) is 3.56. The third kappa shape index (κ3) is 4.52. The molecule has 0 saturated heterocycles. The predicted molar refractivity (Wildman–Crippen MR) is 98.3 cm³/mol. The Morgan fingerprint density at radius 2 is 2.00 bits per heavy atom. The molecule has 1 saturated carbocycles. The highest BCUT2D eigenvalue weighted by Crippen LogP contribution is 2.43. The van der Waals surface area contributed by atoms with Gasteiger partial charge in [0.15, 0.2) is 0 Å². The zero-order chi connectivity index (χ0) is 19.2. The Kier molecular flexibility index (Phi) is 6.97. The van der Waals surface area contributed by atoms with Crippen LogP contribution in [0.1, 0.15) is 67.9 Å². The van der Waals surface area contributed by atoms with E-state index in [9.17, 15) is 9.59 Å². The molecule has 0 spiro atoms. The average molecular weight is 363 g/mol. The van der Waals surface area contributed by atoms with E-state index < -0.39 is 11.4 Å². The summed E-state index contributed by atoms with van der Waals surface area (Å²) in [5.41, 5.74) is 0.271. The monoisotopic (exact) mass is 363 g/mol. The molecule has 3 N–H and O–H groups in total. The maximum absolute atomic E-state index is 12.7. The van der Waals surface area contributed by atoms with E-state index in [0.29, 0.717) is 37.7 Å². The molecule has 7 heteroatoms. The van der Waals surface area contributed by atoms with Crippen molar-refractivity contribution in [1.29, 1.82) is 0 Å². The normalized spacial score (nSPS) is 14.0. The van der Waals surface area contributed by atoms with Crippen LogP contribution in [0.3, 0.4) is 0 Å². The van der Waals surface area contributed by atoms with Gasteiger partial charge in [0.2, 0.25) is 11.8 Å². The smallest absolute Gasteiger partial charge is 0.270 e. The number of rotatable bonds is 10. The molecular weight excluding hydrogens is 334 g/mol. The van der Waals surface area contributed by atoms with Crippen LogP contribution in [0.15, 0.2) is 12.1 Å². The summed E-state index contributed by atoms with van der Waals surface area (Å²) in [6.45, 7) is 4.12. The Bertz CT molecular complexity index is 640. The summed E-state index contributed by atoms with van der Waals surface area (Å²) in [7, 11) is 1.56. The van der Waals surface area contributed by atoms with Gasteiger partial charge >= 0.3 is 0 Å². The number of aliphatic hydroxyl groups excluding tert-OH is 1. The van der Waals surface area contributed by atoms with Crippen molar-refractivity contribution in [2.75, 3.05) is 20.3 Å². The van der Waals surface area contributed by atoms with Crippen molar-refractivity contribution in [1.82, 2.24) is 15.6 Å². The fourth-order valence-corrected chi connectivity index (χ4v) is 2.96. The lowest BCUT2D eigenvalue weighted by atomic mass is 9.91. The number of hydrogen-bond acceptors (Lipinski definition) is 5. The molecule has 1 aliphatic carbocycles. The minimum atomic E-state index is -0.958. The summed E-state index contributed by atoms with van der Waals surface area (Å²) >= 11 is 0. The average Bonchev–Trinajstić information content (AvgIpc) is 3.50. The molecule has 1 aromatic heterocycles. The van der Waals surface area contributed by atoms with Crippen LogP contribution < -0.4 is 15.4 Å². The Balaban J connectivity index is 2.22. The van der Waals surface area contributed by atoms with Crippen LogP contribution in [0.4, 0.5) is 0 Å². The number of carbonyl (C=O) groups is 2.